The summed E-state index contributed by atoms with van der Waals surface area (Å²) in [6.45, 7) is 5.15. The van der Waals surface area contributed by atoms with Crippen LogP contribution >= 0.6 is 0 Å². The molecule has 5 heteroatoms. The molecule has 0 unspecified atom stereocenters. The Balaban J connectivity index is 1.37. The van der Waals surface area contributed by atoms with Gasteiger partial charge in [0, 0.05) is 54.2 Å². The largest absolute Gasteiger partial charge is 0.360 e. The third-order valence-corrected chi connectivity index (χ3v) is 5.95. The van der Waals surface area contributed by atoms with E-state index in [2.05, 4.69) is 11.1 Å². The molecule has 0 saturated carbocycles. The molecular formula is C25H25FN2O2. The van der Waals surface area contributed by atoms with Crippen molar-refractivity contribution in [3.63, 3.8) is 0 Å². The number of carbonyl (C=O) groups is 2. The highest BCUT2D eigenvalue weighted by Crippen LogP contribution is 2.29. The summed E-state index contributed by atoms with van der Waals surface area (Å²) in [7, 11) is 0. The second-order valence-electron chi connectivity index (χ2n) is 7.93. The summed E-state index contributed by atoms with van der Waals surface area (Å²) in [5, 5.41) is 0.987. The predicted molar refractivity (Wildman–Crippen MR) is 117 cm³/mol. The Bertz CT molecular complexity index is 1160. The minimum Gasteiger partial charge on any atom is -0.360 e. The van der Waals surface area contributed by atoms with Crippen LogP contribution in [0, 0.1) is 19.7 Å². The number of hydrogen-bond donors (Lipinski definition) is 1. The first-order valence-corrected chi connectivity index (χ1v) is 10.3. The van der Waals surface area contributed by atoms with Gasteiger partial charge in [-0.2, -0.15) is 0 Å². The van der Waals surface area contributed by atoms with Gasteiger partial charge in [-0.05, 0) is 61.2 Å². The summed E-state index contributed by atoms with van der Waals surface area (Å²) in [5.74, 6) is -0.255. The number of aromatic amines is 1. The maximum Gasteiger partial charge on any atom is 0.223 e. The number of amides is 1. The molecule has 4 nitrogen and oxygen atoms in total. The molecule has 0 bridgehead atoms. The van der Waals surface area contributed by atoms with Crippen LogP contribution in [-0.4, -0.2) is 34.7 Å². The van der Waals surface area contributed by atoms with Crippen molar-refractivity contribution in [3.05, 3.63) is 76.7 Å². The molecular weight excluding hydrogens is 379 g/mol. The van der Waals surface area contributed by atoms with Gasteiger partial charge in [-0.1, -0.05) is 18.2 Å². The van der Waals surface area contributed by atoms with Gasteiger partial charge >= 0.3 is 0 Å². The molecule has 0 atom stereocenters. The van der Waals surface area contributed by atoms with Crippen molar-refractivity contribution in [3.8, 4) is 0 Å². The number of aromatic nitrogens is 1. The van der Waals surface area contributed by atoms with Gasteiger partial charge < -0.3 is 9.88 Å². The number of rotatable bonds is 5. The van der Waals surface area contributed by atoms with Crippen molar-refractivity contribution in [2.24, 2.45) is 0 Å². The van der Waals surface area contributed by atoms with Crippen molar-refractivity contribution in [2.75, 3.05) is 13.1 Å². The summed E-state index contributed by atoms with van der Waals surface area (Å²) in [5.41, 5.74) is 5.89. The maximum atomic E-state index is 13.4. The van der Waals surface area contributed by atoms with E-state index in [1.54, 1.807) is 11.0 Å². The lowest BCUT2D eigenvalue weighted by Gasteiger charge is -2.26. The normalized spacial score (nSPS) is 14.1. The van der Waals surface area contributed by atoms with Gasteiger partial charge in [-0.15, -0.1) is 0 Å². The molecule has 1 aromatic heterocycles. The topological polar surface area (TPSA) is 53.2 Å². The summed E-state index contributed by atoms with van der Waals surface area (Å²) < 4.78 is 13.4. The van der Waals surface area contributed by atoms with Gasteiger partial charge in [-0.3, -0.25) is 9.59 Å². The van der Waals surface area contributed by atoms with Crippen molar-refractivity contribution in [2.45, 2.75) is 33.1 Å². The predicted octanol–water partition coefficient (Wildman–Crippen LogP) is 5.20. The highest BCUT2D eigenvalue weighted by Gasteiger charge is 2.20. The number of nitrogens with zero attached hydrogens (tertiary/aromatic N) is 1. The fourth-order valence-electron chi connectivity index (χ4n) is 3.94. The zero-order chi connectivity index (χ0) is 21.3. The SMILES string of the molecule is Cc1ccc(C(=O)CCC(=O)N2CC=C(c3c[nH]c4cc(F)ccc34)CC2)cc1C. The Hall–Kier alpha value is -3.21. The smallest absolute Gasteiger partial charge is 0.223 e. The number of fused-ring (bicyclic) bond motifs is 1. The molecule has 1 aliphatic rings. The Morgan fingerprint density at radius 1 is 1.07 bits per heavy atom. The Kier molecular flexibility index (Phi) is 5.53. The van der Waals surface area contributed by atoms with Gasteiger partial charge in [0.25, 0.3) is 0 Å². The molecule has 0 fully saturated rings. The standard InChI is InChI=1S/C25H25FN2O2/c1-16-3-4-19(13-17(16)2)24(29)7-8-25(30)28-11-9-18(10-12-28)22-15-27-23-14-20(26)5-6-21(22)23/h3-6,9,13-15,27H,7-8,10-12H2,1-2H3. The van der Waals surface area contributed by atoms with Crippen LogP contribution in [0.2, 0.25) is 0 Å². The molecule has 0 spiro atoms. The molecule has 0 radical (unpaired) electrons. The fraction of sp³-hybridized carbons (Fsp3) is 0.280. The van der Waals surface area contributed by atoms with E-state index in [0.717, 1.165) is 39.6 Å². The lowest BCUT2D eigenvalue weighted by Crippen LogP contribution is -2.34. The summed E-state index contributed by atoms with van der Waals surface area (Å²) in [6.07, 6.45) is 5.14. The van der Waals surface area contributed by atoms with Gasteiger partial charge in [0.15, 0.2) is 5.78 Å². The van der Waals surface area contributed by atoms with Crippen LogP contribution in [0.4, 0.5) is 4.39 Å². The van der Waals surface area contributed by atoms with E-state index in [1.165, 1.54) is 12.1 Å². The molecule has 30 heavy (non-hydrogen) atoms. The summed E-state index contributed by atoms with van der Waals surface area (Å²) >= 11 is 0. The number of halogens is 1. The number of Topliss-reactive ketones (excluding diaryl/α,β-unsaturated/α-hetero) is 1. The molecule has 1 amide bonds. The minimum absolute atomic E-state index is 0.00322. The van der Waals surface area contributed by atoms with Gasteiger partial charge in [0.2, 0.25) is 5.91 Å². The van der Waals surface area contributed by atoms with Crippen LogP contribution in [0.25, 0.3) is 16.5 Å². The molecule has 0 saturated heterocycles. The van der Waals surface area contributed by atoms with Crippen molar-refractivity contribution >= 4 is 28.2 Å². The van der Waals surface area contributed by atoms with Crippen LogP contribution in [0.3, 0.4) is 0 Å². The lowest BCUT2D eigenvalue weighted by atomic mass is 9.98. The zero-order valence-electron chi connectivity index (χ0n) is 17.3. The van der Waals surface area contributed by atoms with Crippen molar-refractivity contribution < 1.29 is 14.0 Å². The second kappa shape index (κ2) is 8.27. The third-order valence-electron chi connectivity index (χ3n) is 5.95. The highest BCUT2D eigenvalue weighted by molar-refractivity contribution is 5.98. The van der Waals surface area contributed by atoms with E-state index in [0.29, 0.717) is 18.7 Å². The number of ketones is 1. The quantitative estimate of drug-likeness (QED) is 0.594. The fourth-order valence-corrected chi connectivity index (χ4v) is 3.94. The minimum atomic E-state index is -0.263. The Labute approximate surface area is 175 Å². The first-order valence-electron chi connectivity index (χ1n) is 10.3. The molecule has 4 rings (SSSR count). The number of benzene rings is 2. The van der Waals surface area contributed by atoms with E-state index in [-0.39, 0.29) is 30.3 Å². The van der Waals surface area contributed by atoms with Gasteiger partial charge in [-0.25, -0.2) is 4.39 Å². The first kappa shape index (κ1) is 20.1. The number of carbonyl (C=O) groups excluding carboxylic acids is 2. The van der Waals surface area contributed by atoms with E-state index >= 15 is 0 Å². The monoisotopic (exact) mass is 404 g/mol. The number of aryl methyl sites for hydroxylation is 2. The van der Waals surface area contributed by atoms with Crippen molar-refractivity contribution in [1.82, 2.24) is 9.88 Å². The molecule has 0 aliphatic carbocycles. The highest BCUT2D eigenvalue weighted by atomic mass is 19.1. The van der Waals surface area contributed by atoms with E-state index < -0.39 is 0 Å². The van der Waals surface area contributed by atoms with Gasteiger partial charge in [0.1, 0.15) is 5.82 Å². The Morgan fingerprint density at radius 2 is 1.90 bits per heavy atom. The second-order valence-corrected chi connectivity index (χ2v) is 7.93. The summed E-state index contributed by atoms with van der Waals surface area (Å²) in [6, 6.07) is 10.4. The lowest BCUT2D eigenvalue weighted by molar-refractivity contribution is -0.130. The molecule has 1 aliphatic heterocycles. The van der Waals surface area contributed by atoms with Crippen LogP contribution in [-0.2, 0) is 4.79 Å². The van der Waals surface area contributed by atoms with E-state index in [9.17, 15) is 14.0 Å². The molecule has 2 aromatic carbocycles. The Morgan fingerprint density at radius 3 is 2.63 bits per heavy atom. The molecule has 3 aromatic rings. The number of hydrogen-bond acceptors (Lipinski definition) is 2. The maximum absolute atomic E-state index is 13.4. The van der Waals surface area contributed by atoms with Crippen LogP contribution in [0.15, 0.2) is 48.7 Å². The van der Waals surface area contributed by atoms with Crippen molar-refractivity contribution in [1.29, 1.82) is 0 Å². The van der Waals surface area contributed by atoms with E-state index in [1.807, 2.05) is 38.2 Å². The van der Waals surface area contributed by atoms with Crippen LogP contribution in [0.1, 0.15) is 46.3 Å². The summed E-state index contributed by atoms with van der Waals surface area (Å²) in [4.78, 5) is 29.9. The number of H-pyrrole nitrogens is 1. The average Bonchev–Trinajstić information content (AvgIpc) is 3.16. The third kappa shape index (κ3) is 4.06. The molecule has 1 N–H and O–H groups in total. The van der Waals surface area contributed by atoms with E-state index in [4.69, 9.17) is 0 Å². The van der Waals surface area contributed by atoms with Crippen LogP contribution in [0.5, 0.6) is 0 Å². The molecule has 2 heterocycles. The molecule has 154 valence electrons. The number of nitrogens with one attached hydrogen (secondary N) is 1. The first-order chi connectivity index (χ1) is 14.4. The average molecular weight is 404 g/mol. The van der Waals surface area contributed by atoms with Gasteiger partial charge in [0.05, 0.1) is 0 Å². The zero-order valence-corrected chi connectivity index (χ0v) is 17.3. The van der Waals surface area contributed by atoms with Crippen LogP contribution < -0.4 is 0 Å².